The highest BCUT2D eigenvalue weighted by Gasteiger charge is 2.22. The predicted octanol–water partition coefficient (Wildman–Crippen LogP) is 7.09. The summed E-state index contributed by atoms with van der Waals surface area (Å²) < 4.78 is 5.29. The van der Waals surface area contributed by atoms with Gasteiger partial charge in [-0.25, -0.2) is 0 Å². The van der Waals surface area contributed by atoms with Gasteiger partial charge in [0.1, 0.15) is 0 Å². The lowest BCUT2D eigenvalue weighted by molar-refractivity contribution is -0.536. The van der Waals surface area contributed by atoms with Crippen molar-refractivity contribution in [3.05, 3.63) is 0 Å². The zero-order valence-electron chi connectivity index (χ0n) is 40.6. The maximum atomic E-state index is 3.82. The molecule has 2 N–H and O–H groups in total. The van der Waals surface area contributed by atoms with E-state index in [1.54, 1.807) is 0 Å². The largest absolute Gasteiger partial charge is 1.00 e. The topological polar surface area (TPSA) is 36.6 Å². The van der Waals surface area contributed by atoms with E-state index in [0.29, 0.717) is 0 Å². The van der Waals surface area contributed by atoms with Crippen molar-refractivity contribution >= 4 is 11.9 Å². The number of nitrogens with zero attached hydrogens (tertiary/aromatic N) is 4. The van der Waals surface area contributed by atoms with Crippen LogP contribution in [0.3, 0.4) is 0 Å². The monoisotopic (exact) mass is 925 g/mol. The average molecular weight is 927 g/mol. The van der Waals surface area contributed by atoms with Gasteiger partial charge in [0.25, 0.3) is 0 Å². The van der Waals surface area contributed by atoms with Gasteiger partial charge in [-0.2, -0.15) is 0 Å². The lowest BCUT2D eigenvalue weighted by Crippen LogP contribution is -3.00. The van der Waals surface area contributed by atoms with Gasteiger partial charge < -0.3 is 34.0 Å². The second-order valence-electron chi connectivity index (χ2n) is 15.7. The second kappa shape index (κ2) is 54.5. The molecular formula is C48H106Br2N6. The summed E-state index contributed by atoms with van der Waals surface area (Å²) in [6.45, 7) is 39.2. The molecule has 0 aliphatic carbocycles. The number of hydrogen-bond donors (Lipinski definition) is 2. The molecule has 0 aromatic heterocycles. The molecule has 0 aliphatic rings. The van der Waals surface area contributed by atoms with Crippen LogP contribution in [0.2, 0.25) is 0 Å². The van der Waals surface area contributed by atoms with Crippen LogP contribution < -0.4 is 44.6 Å². The molecule has 0 saturated carbocycles. The van der Waals surface area contributed by atoms with Crippen LogP contribution in [0, 0.1) is 0 Å². The summed E-state index contributed by atoms with van der Waals surface area (Å²) in [5, 5.41) is 7.65. The molecule has 342 valence electrons. The molecule has 6 nitrogen and oxygen atoms in total. The molecule has 0 fully saturated rings. The molecule has 56 heavy (non-hydrogen) atoms. The molecule has 0 radical (unpaired) electrons. The van der Waals surface area contributed by atoms with Crippen molar-refractivity contribution in [2.24, 2.45) is 0 Å². The van der Waals surface area contributed by atoms with Gasteiger partial charge in [0.15, 0.2) is 0 Å². The number of hydrogen-bond acceptors (Lipinski definition) is 0. The lowest BCUT2D eigenvalue weighted by Gasteiger charge is -2.24. The lowest BCUT2D eigenvalue weighted by atomic mass is 10.2. The maximum Gasteiger partial charge on any atom is 0.348 e. The molecule has 0 unspecified atom stereocenters. The molecule has 0 aromatic carbocycles. The van der Waals surface area contributed by atoms with Crippen LogP contribution in [-0.2, 0) is 0 Å². The Morgan fingerprint density at radius 3 is 0.714 bits per heavy atom. The number of halogens is 2. The Kier molecular flexibility index (Phi) is 62.9. The van der Waals surface area contributed by atoms with Crippen LogP contribution in [-0.4, -0.2) is 96.3 Å². The summed E-state index contributed by atoms with van der Waals surface area (Å²) in [6, 6.07) is 0. The summed E-state index contributed by atoms with van der Waals surface area (Å²) in [4.78, 5) is 5.29. The number of guanidine groups is 2. The van der Waals surface area contributed by atoms with E-state index in [1.165, 1.54) is 218 Å². The van der Waals surface area contributed by atoms with Crippen molar-refractivity contribution in [1.29, 1.82) is 0 Å². The van der Waals surface area contributed by atoms with E-state index in [4.69, 9.17) is 0 Å². The summed E-state index contributed by atoms with van der Waals surface area (Å²) >= 11 is 0. The number of unbranched alkanes of at least 4 members (excludes halogenated alkanes) is 13. The minimum absolute atomic E-state index is 0. The molecule has 0 spiro atoms. The standard InChI is InChI=1S/2C21H45N3.C6H14.2BrH/c2*1-6-11-16-22-21(23(17-12-7-2)18-13-8-3)24(19-14-9-4)20-15-10-5;1-3-5-6-4-2;;/h2*6-20H2,1-5H3;3-6H2,1-2H3;2*1H. The van der Waals surface area contributed by atoms with E-state index in [-0.39, 0.29) is 34.0 Å². The summed E-state index contributed by atoms with van der Waals surface area (Å²) in [7, 11) is 0. The van der Waals surface area contributed by atoms with Crippen LogP contribution in [0.25, 0.3) is 0 Å². The Morgan fingerprint density at radius 2 is 0.518 bits per heavy atom. The third-order valence-corrected chi connectivity index (χ3v) is 10.0. The SMILES string of the molecule is CCCCCC.CCCCNC(N(CCCC)CCCC)=[N+](CCCC)CCCC.CCCCNC(N(CCCC)CCCC)=[N+](CCCC)CCCC.[Br-].[Br-]. The third kappa shape index (κ3) is 40.3. The zero-order chi connectivity index (χ0) is 40.9. The highest BCUT2D eigenvalue weighted by Crippen LogP contribution is 2.05. The van der Waals surface area contributed by atoms with Crippen molar-refractivity contribution in [1.82, 2.24) is 20.4 Å². The third-order valence-electron chi connectivity index (χ3n) is 10.0. The molecule has 0 rings (SSSR count). The molecule has 0 aromatic rings. The van der Waals surface area contributed by atoms with Crippen LogP contribution in [0.15, 0.2) is 0 Å². The fourth-order valence-corrected chi connectivity index (χ4v) is 6.19. The molecular weight excluding hydrogens is 820 g/mol. The first kappa shape index (κ1) is 64.6. The highest BCUT2D eigenvalue weighted by atomic mass is 79.9. The Balaban J connectivity index is -0.000000261. The molecule has 0 saturated heterocycles. The number of nitrogens with one attached hydrogen (secondary N) is 2. The van der Waals surface area contributed by atoms with E-state index in [2.05, 4.69) is 113 Å². The van der Waals surface area contributed by atoms with E-state index >= 15 is 0 Å². The first-order valence-electron chi connectivity index (χ1n) is 24.6. The summed E-state index contributed by atoms with van der Waals surface area (Å²) in [6.07, 6.45) is 31.1. The molecule has 0 atom stereocenters. The molecule has 8 heteroatoms. The Labute approximate surface area is 376 Å². The second-order valence-corrected chi connectivity index (χ2v) is 15.7. The van der Waals surface area contributed by atoms with Gasteiger partial charge in [-0.05, 0) is 64.2 Å². The predicted molar refractivity (Wildman–Crippen MR) is 248 cm³/mol. The van der Waals surface area contributed by atoms with Crippen molar-refractivity contribution in [2.45, 2.75) is 237 Å². The smallest absolute Gasteiger partial charge is 0.348 e. The maximum absolute atomic E-state index is 3.82. The van der Waals surface area contributed by atoms with E-state index in [9.17, 15) is 0 Å². The zero-order valence-corrected chi connectivity index (χ0v) is 43.8. The van der Waals surface area contributed by atoms with Crippen LogP contribution in [0.4, 0.5) is 0 Å². The Bertz CT molecular complexity index is 692. The van der Waals surface area contributed by atoms with Gasteiger partial charge in [-0.15, -0.1) is 0 Å². The summed E-state index contributed by atoms with van der Waals surface area (Å²) in [5.41, 5.74) is 0. The van der Waals surface area contributed by atoms with Crippen molar-refractivity contribution < 1.29 is 43.1 Å². The van der Waals surface area contributed by atoms with Gasteiger partial charge in [0.2, 0.25) is 0 Å². The summed E-state index contributed by atoms with van der Waals surface area (Å²) in [5.74, 6) is 2.85. The number of rotatable bonds is 33. The normalized spacial score (nSPS) is 10.1. The average Bonchev–Trinajstić information content (AvgIpc) is 3.19. The first-order valence-corrected chi connectivity index (χ1v) is 24.6. The minimum Gasteiger partial charge on any atom is -1.00 e. The Morgan fingerprint density at radius 1 is 0.304 bits per heavy atom. The molecule has 0 amide bonds. The minimum atomic E-state index is 0. The van der Waals surface area contributed by atoms with Gasteiger partial charge in [0.05, 0.1) is 65.4 Å². The highest BCUT2D eigenvalue weighted by molar-refractivity contribution is 5.75. The van der Waals surface area contributed by atoms with Crippen molar-refractivity contribution in [2.75, 3.05) is 65.4 Å². The first-order chi connectivity index (χ1) is 26.4. The Hall–Kier alpha value is -0.500. The molecule has 0 bridgehead atoms. The van der Waals surface area contributed by atoms with E-state index < -0.39 is 0 Å². The van der Waals surface area contributed by atoms with Crippen molar-refractivity contribution in [3.63, 3.8) is 0 Å². The quantitative estimate of drug-likeness (QED) is 0.0320. The van der Waals surface area contributed by atoms with Gasteiger partial charge in [-0.1, -0.05) is 173 Å². The van der Waals surface area contributed by atoms with E-state index in [1.807, 2.05) is 0 Å². The van der Waals surface area contributed by atoms with Crippen LogP contribution in [0.1, 0.15) is 237 Å². The molecule has 0 aliphatic heterocycles. The van der Waals surface area contributed by atoms with Crippen LogP contribution in [0.5, 0.6) is 0 Å². The fraction of sp³-hybridized carbons (Fsp3) is 0.958. The van der Waals surface area contributed by atoms with E-state index in [0.717, 1.165) is 13.1 Å². The fourth-order valence-electron chi connectivity index (χ4n) is 6.19. The molecule has 0 heterocycles. The van der Waals surface area contributed by atoms with Crippen LogP contribution >= 0.6 is 0 Å². The van der Waals surface area contributed by atoms with Gasteiger partial charge >= 0.3 is 11.9 Å². The van der Waals surface area contributed by atoms with Gasteiger partial charge in [-0.3, -0.25) is 29.6 Å². The van der Waals surface area contributed by atoms with Crippen molar-refractivity contribution in [3.8, 4) is 0 Å². The van der Waals surface area contributed by atoms with Gasteiger partial charge in [0, 0.05) is 0 Å².